The summed E-state index contributed by atoms with van der Waals surface area (Å²) in [6.45, 7) is 5.31. The Labute approximate surface area is 155 Å². The number of aromatic nitrogens is 5. The quantitative estimate of drug-likeness (QED) is 0.637. The van der Waals surface area contributed by atoms with Crippen LogP contribution in [0.2, 0.25) is 0 Å². The van der Waals surface area contributed by atoms with Crippen molar-refractivity contribution in [1.82, 2.24) is 29.3 Å². The van der Waals surface area contributed by atoms with Gasteiger partial charge in [0.25, 0.3) is 0 Å². The summed E-state index contributed by atoms with van der Waals surface area (Å²) in [7, 11) is 1.85. The minimum atomic E-state index is -0.341. The highest BCUT2D eigenvalue weighted by atomic mass is 16.5. The van der Waals surface area contributed by atoms with Crippen LogP contribution in [0, 0.1) is 0 Å². The lowest BCUT2D eigenvalue weighted by Gasteiger charge is -2.23. The van der Waals surface area contributed by atoms with Crippen LogP contribution in [0.4, 0.5) is 0 Å². The van der Waals surface area contributed by atoms with Gasteiger partial charge >= 0.3 is 0 Å². The summed E-state index contributed by atoms with van der Waals surface area (Å²) in [5.74, 6) is 0.302. The lowest BCUT2D eigenvalue weighted by Crippen LogP contribution is -2.39. The number of carbonyl (C=O) groups is 1. The van der Waals surface area contributed by atoms with E-state index in [1.165, 1.54) is 6.08 Å². The molecule has 1 saturated heterocycles. The van der Waals surface area contributed by atoms with E-state index in [4.69, 9.17) is 9.47 Å². The number of rotatable bonds is 4. The molecule has 0 radical (unpaired) electrons. The highest BCUT2D eigenvalue weighted by molar-refractivity contribution is 5.87. The molecule has 9 nitrogen and oxygen atoms in total. The van der Waals surface area contributed by atoms with Gasteiger partial charge in [0.1, 0.15) is 11.6 Å². The van der Waals surface area contributed by atoms with Crippen LogP contribution in [0.15, 0.2) is 43.5 Å². The fourth-order valence-electron chi connectivity index (χ4n) is 3.01. The third-order valence-corrected chi connectivity index (χ3v) is 4.35. The Balaban J connectivity index is 1.65. The first kappa shape index (κ1) is 17.2. The molecule has 3 aromatic heterocycles. The standard InChI is InChI=1S/C18H20N6O3/c1-3-17(25)23-6-7-26-12-14(10-23)27-18-16-4-5-19-24(16)11-15(21-18)13-8-20-22(2)9-13/h3-5,8-9,11,14H,1,6-7,10,12H2,2H3/t14-/m1/s1. The molecule has 4 heterocycles. The topological polar surface area (TPSA) is 86.8 Å². The Hall–Kier alpha value is -3.20. The van der Waals surface area contributed by atoms with Crippen LogP contribution < -0.4 is 4.74 Å². The van der Waals surface area contributed by atoms with Crippen LogP contribution in [-0.2, 0) is 16.6 Å². The molecule has 9 heteroatoms. The summed E-state index contributed by atoms with van der Waals surface area (Å²) in [6, 6.07) is 1.83. The summed E-state index contributed by atoms with van der Waals surface area (Å²) < 4.78 is 15.2. The third kappa shape index (κ3) is 3.54. The van der Waals surface area contributed by atoms with Gasteiger partial charge in [0.05, 0.1) is 44.0 Å². The number of carbonyl (C=O) groups excluding carboxylic acids is 1. The van der Waals surface area contributed by atoms with E-state index in [2.05, 4.69) is 21.8 Å². The first-order chi connectivity index (χ1) is 13.1. The molecule has 0 saturated carbocycles. The minimum Gasteiger partial charge on any atom is -0.468 e. The van der Waals surface area contributed by atoms with E-state index in [0.29, 0.717) is 37.9 Å². The molecule has 3 aromatic rings. The van der Waals surface area contributed by atoms with Gasteiger partial charge in [0.15, 0.2) is 0 Å². The summed E-state index contributed by atoms with van der Waals surface area (Å²) >= 11 is 0. The van der Waals surface area contributed by atoms with E-state index < -0.39 is 0 Å². The molecule has 27 heavy (non-hydrogen) atoms. The third-order valence-electron chi connectivity index (χ3n) is 4.35. The van der Waals surface area contributed by atoms with Gasteiger partial charge in [-0.1, -0.05) is 6.58 Å². The van der Waals surface area contributed by atoms with E-state index in [0.717, 1.165) is 11.1 Å². The van der Waals surface area contributed by atoms with Crippen molar-refractivity contribution < 1.29 is 14.3 Å². The minimum absolute atomic E-state index is 0.138. The van der Waals surface area contributed by atoms with E-state index in [1.807, 2.05) is 25.5 Å². The van der Waals surface area contributed by atoms with Crippen LogP contribution in [0.3, 0.4) is 0 Å². The van der Waals surface area contributed by atoms with E-state index in [-0.39, 0.29) is 12.0 Å². The SMILES string of the molecule is C=CC(=O)N1CCOC[C@H](Oc2nc(-c3cnn(C)c3)cn3nccc23)C1. The number of ether oxygens (including phenoxy) is 2. The van der Waals surface area contributed by atoms with Crippen molar-refractivity contribution in [3.8, 4) is 17.1 Å². The Morgan fingerprint density at radius 2 is 2.30 bits per heavy atom. The highest BCUT2D eigenvalue weighted by Crippen LogP contribution is 2.24. The predicted octanol–water partition coefficient (Wildman–Crippen LogP) is 0.922. The van der Waals surface area contributed by atoms with Gasteiger partial charge in [0, 0.05) is 25.4 Å². The van der Waals surface area contributed by atoms with Crippen molar-refractivity contribution in [3.05, 3.63) is 43.5 Å². The molecule has 1 atom stereocenters. The van der Waals surface area contributed by atoms with Gasteiger partial charge < -0.3 is 14.4 Å². The van der Waals surface area contributed by atoms with Crippen LogP contribution >= 0.6 is 0 Å². The molecular formula is C18H20N6O3. The Morgan fingerprint density at radius 3 is 3.07 bits per heavy atom. The molecule has 0 aliphatic carbocycles. The van der Waals surface area contributed by atoms with Gasteiger partial charge in [-0.25, -0.2) is 9.50 Å². The number of aryl methyl sites for hydroxylation is 1. The molecule has 0 aromatic carbocycles. The molecule has 140 valence electrons. The molecule has 4 rings (SSSR count). The monoisotopic (exact) mass is 368 g/mol. The average Bonchev–Trinajstić information content (AvgIpc) is 3.25. The van der Waals surface area contributed by atoms with Gasteiger partial charge in [0.2, 0.25) is 11.8 Å². The highest BCUT2D eigenvalue weighted by Gasteiger charge is 2.24. The molecule has 1 fully saturated rings. The summed E-state index contributed by atoms with van der Waals surface area (Å²) in [5.41, 5.74) is 2.30. The van der Waals surface area contributed by atoms with E-state index in [9.17, 15) is 4.79 Å². The maximum absolute atomic E-state index is 12.0. The van der Waals surface area contributed by atoms with Crippen LogP contribution in [-0.4, -0.2) is 67.6 Å². The second-order valence-corrected chi connectivity index (χ2v) is 6.30. The Bertz CT molecular complexity index is 979. The smallest absolute Gasteiger partial charge is 0.246 e. The van der Waals surface area contributed by atoms with Crippen molar-refractivity contribution in [2.45, 2.75) is 6.10 Å². The van der Waals surface area contributed by atoms with E-state index in [1.54, 1.807) is 26.5 Å². The van der Waals surface area contributed by atoms with Crippen molar-refractivity contribution >= 4 is 11.4 Å². The summed E-state index contributed by atoms with van der Waals surface area (Å²) in [6.07, 6.45) is 8.09. The first-order valence-electron chi connectivity index (χ1n) is 8.63. The lowest BCUT2D eigenvalue weighted by atomic mass is 10.2. The molecule has 0 unspecified atom stereocenters. The van der Waals surface area contributed by atoms with Gasteiger partial charge in [-0.15, -0.1) is 0 Å². The molecule has 0 bridgehead atoms. The van der Waals surface area contributed by atoms with Gasteiger partial charge in [-0.3, -0.25) is 9.48 Å². The Morgan fingerprint density at radius 1 is 1.41 bits per heavy atom. The van der Waals surface area contributed by atoms with Crippen LogP contribution in [0.5, 0.6) is 5.88 Å². The fourth-order valence-corrected chi connectivity index (χ4v) is 3.01. The Kier molecular flexibility index (Phi) is 4.59. The molecule has 1 aliphatic rings. The number of amides is 1. The molecule has 0 spiro atoms. The summed E-state index contributed by atoms with van der Waals surface area (Å²) in [5, 5.41) is 8.49. The van der Waals surface area contributed by atoms with Crippen molar-refractivity contribution in [1.29, 1.82) is 0 Å². The zero-order valence-electron chi connectivity index (χ0n) is 15.0. The number of hydrogen-bond acceptors (Lipinski definition) is 6. The van der Waals surface area contributed by atoms with Crippen molar-refractivity contribution in [2.24, 2.45) is 7.05 Å². The normalized spacial score (nSPS) is 17.7. The number of nitrogens with zero attached hydrogens (tertiary/aromatic N) is 6. The largest absolute Gasteiger partial charge is 0.468 e. The lowest BCUT2D eigenvalue weighted by molar-refractivity contribution is -0.126. The maximum atomic E-state index is 12.0. The molecular weight excluding hydrogens is 348 g/mol. The van der Waals surface area contributed by atoms with Gasteiger partial charge in [-0.2, -0.15) is 10.2 Å². The zero-order chi connectivity index (χ0) is 18.8. The van der Waals surface area contributed by atoms with Crippen LogP contribution in [0.1, 0.15) is 0 Å². The zero-order valence-corrected chi connectivity index (χ0v) is 15.0. The predicted molar refractivity (Wildman–Crippen MR) is 97.2 cm³/mol. The second-order valence-electron chi connectivity index (χ2n) is 6.30. The van der Waals surface area contributed by atoms with Crippen molar-refractivity contribution in [2.75, 3.05) is 26.3 Å². The second kappa shape index (κ2) is 7.20. The average molecular weight is 368 g/mol. The molecule has 0 N–H and O–H groups in total. The van der Waals surface area contributed by atoms with Crippen molar-refractivity contribution in [3.63, 3.8) is 0 Å². The molecule has 1 amide bonds. The van der Waals surface area contributed by atoms with E-state index >= 15 is 0 Å². The number of hydrogen-bond donors (Lipinski definition) is 0. The fraction of sp³-hybridized carbons (Fsp3) is 0.333. The van der Waals surface area contributed by atoms with Crippen LogP contribution in [0.25, 0.3) is 16.8 Å². The number of fused-ring (bicyclic) bond motifs is 1. The first-order valence-corrected chi connectivity index (χ1v) is 8.63. The van der Waals surface area contributed by atoms with Gasteiger partial charge in [-0.05, 0) is 12.1 Å². The summed E-state index contributed by atoms with van der Waals surface area (Å²) in [4.78, 5) is 18.3. The molecule has 1 aliphatic heterocycles. The maximum Gasteiger partial charge on any atom is 0.246 e.